The lowest BCUT2D eigenvalue weighted by Gasteiger charge is -2.23. The van der Waals surface area contributed by atoms with E-state index in [0.717, 1.165) is 36.8 Å². The average molecular weight is 308 g/mol. The van der Waals surface area contributed by atoms with Gasteiger partial charge >= 0.3 is 0 Å². The van der Waals surface area contributed by atoms with Crippen LogP contribution in [0.15, 0.2) is 24.3 Å². The molecule has 2 aliphatic rings. The van der Waals surface area contributed by atoms with E-state index in [-0.39, 0.29) is 0 Å². The second kappa shape index (κ2) is 5.92. The predicted octanol–water partition coefficient (Wildman–Crippen LogP) is 4.91. The maximum absolute atomic E-state index is 10.6. The third-order valence-electron chi connectivity index (χ3n) is 5.52. The molecule has 0 amide bonds. The lowest BCUT2D eigenvalue weighted by atomic mass is 9.82. The Bertz CT molecular complexity index is 746. The molecule has 2 nitrogen and oxygen atoms in total. The molecule has 0 saturated carbocycles. The van der Waals surface area contributed by atoms with Crippen LogP contribution in [0.4, 0.5) is 0 Å². The maximum Gasteiger partial charge on any atom is 0.123 e. The van der Waals surface area contributed by atoms with Gasteiger partial charge in [-0.3, -0.25) is 0 Å². The summed E-state index contributed by atoms with van der Waals surface area (Å²) in [6.07, 6.45) is 10.2. The Kier molecular flexibility index (Phi) is 3.76. The van der Waals surface area contributed by atoms with Crippen LogP contribution in [0.3, 0.4) is 0 Å². The molecular formula is C21H24O2. The van der Waals surface area contributed by atoms with E-state index in [1.54, 1.807) is 0 Å². The molecule has 0 heterocycles. The van der Waals surface area contributed by atoms with E-state index in [2.05, 4.69) is 12.1 Å². The molecule has 2 aromatic rings. The van der Waals surface area contributed by atoms with Crippen molar-refractivity contribution in [3.8, 4) is 22.6 Å². The lowest BCUT2D eigenvalue weighted by Crippen LogP contribution is -2.06. The lowest BCUT2D eigenvalue weighted by molar-refractivity contribution is 0.467. The summed E-state index contributed by atoms with van der Waals surface area (Å²) in [5, 5.41) is 21.2. The van der Waals surface area contributed by atoms with Crippen LogP contribution >= 0.6 is 0 Å². The highest BCUT2D eigenvalue weighted by atomic mass is 16.3. The first-order valence-corrected chi connectivity index (χ1v) is 8.93. The van der Waals surface area contributed by atoms with E-state index >= 15 is 0 Å². The average Bonchev–Trinajstić information content (AvgIpc) is 2.81. The molecule has 0 aliphatic heterocycles. The number of hydrogen-bond donors (Lipinski definition) is 2. The molecular weight excluding hydrogens is 284 g/mol. The van der Waals surface area contributed by atoms with Gasteiger partial charge in [0, 0.05) is 11.1 Å². The van der Waals surface area contributed by atoms with Crippen molar-refractivity contribution in [3.63, 3.8) is 0 Å². The van der Waals surface area contributed by atoms with E-state index in [4.69, 9.17) is 0 Å². The molecule has 0 spiro atoms. The van der Waals surface area contributed by atoms with Crippen molar-refractivity contribution in [3.05, 3.63) is 46.5 Å². The number of benzene rings is 2. The van der Waals surface area contributed by atoms with Gasteiger partial charge in [0.25, 0.3) is 0 Å². The molecule has 0 unspecified atom stereocenters. The van der Waals surface area contributed by atoms with Crippen LogP contribution in [0.25, 0.3) is 11.1 Å². The summed E-state index contributed by atoms with van der Waals surface area (Å²) in [7, 11) is 0. The number of aryl methyl sites for hydroxylation is 2. The van der Waals surface area contributed by atoms with Gasteiger partial charge in [0.15, 0.2) is 0 Å². The van der Waals surface area contributed by atoms with Crippen LogP contribution in [-0.4, -0.2) is 10.2 Å². The maximum atomic E-state index is 10.6. The molecule has 23 heavy (non-hydrogen) atoms. The van der Waals surface area contributed by atoms with Gasteiger partial charge in [0.05, 0.1) is 0 Å². The second-order valence-corrected chi connectivity index (χ2v) is 6.96. The number of hydrogen-bond acceptors (Lipinski definition) is 2. The molecule has 120 valence electrons. The number of phenols is 2. The Morgan fingerprint density at radius 3 is 1.52 bits per heavy atom. The summed E-state index contributed by atoms with van der Waals surface area (Å²) in [4.78, 5) is 0. The fraction of sp³-hybridized carbons (Fsp3) is 0.429. The fourth-order valence-corrected chi connectivity index (χ4v) is 4.37. The van der Waals surface area contributed by atoms with Crippen LogP contribution in [0, 0.1) is 0 Å². The molecule has 0 aromatic heterocycles. The van der Waals surface area contributed by atoms with E-state index in [1.807, 2.05) is 12.1 Å². The van der Waals surface area contributed by atoms with Crippen molar-refractivity contribution in [2.24, 2.45) is 0 Å². The second-order valence-electron chi connectivity index (χ2n) is 6.96. The molecule has 2 N–H and O–H groups in total. The zero-order valence-corrected chi connectivity index (χ0v) is 13.6. The molecule has 4 rings (SSSR count). The van der Waals surface area contributed by atoms with Gasteiger partial charge in [0.1, 0.15) is 11.5 Å². The highest BCUT2D eigenvalue weighted by molar-refractivity contribution is 5.83. The molecule has 2 heteroatoms. The van der Waals surface area contributed by atoms with Crippen molar-refractivity contribution >= 4 is 0 Å². The zero-order valence-electron chi connectivity index (χ0n) is 13.6. The van der Waals surface area contributed by atoms with Gasteiger partial charge in [-0.05, 0) is 85.8 Å². The first-order valence-electron chi connectivity index (χ1n) is 8.93. The minimum Gasteiger partial charge on any atom is -0.507 e. The molecule has 0 radical (unpaired) electrons. The van der Waals surface area contributed by atoms with Crippen LogP contribution in [0.1, 0.15) is 54.4 Å². The molecule has 0 bridgehead atoms. The van der Waals surface area contributed by atoms with Crippen LogP contribution in [0.2, 0.25) is 0 Å². The van der Waals surface area contributed by atoms with Gasteiger partial charge in [0.2, 0.25) is 0 Å². The summed E-state index contributed by atoms with van der Waals surface area (Å²) < 4.78 is 0. The monoisotopic (exact) mass is 308 g/mol. The molecule has 0 saturated heterocycles. The minimum absolute atomic E-state index is 0.318. The van der Waals surface area contributed by atoms with E-state index < -0.39 is 0 Å². The Hall–Kier alpha value is -1.96. The molecule has 0 atom stereocenters. The van der Waals surface area contributed by atoms with Crippen molar-refractivity contribution in [2.75, 3.05) is 0 Å². The topological polar surface area (TPSA) is 40.5 Å². The number of phenolic OH excluding ortho intramolecular Hbond substituents is 2. The van der Waals surface area contributed by atoms with Gasteiger partial charge in [-0.1, -0.05) is 18.6 Å². The third-order valence-corrected chi connectivity index (χ3v) is 5.52. The van der Waals surface area contributed by atoms with Crippen molar-refractivity contribution in [1.82, 2.24) is 0 Å². The van der Waals surface area contributed by atoms with Crippen LogP contribution < -0.4 is 0 Å². The van der Waals surface area contributed by atoms with Gasteiger partial charge < -0.3 is 10.2 Å². The van der Waals surface area contributed by atoms with Gasteiger partial charge in [-0.25, -0.2) is 0 Å². The van der Waals surface area contributed by atoms with Crippen LogP contribution in [-0.2, 0) is 25.7 Å². The summed E-state index contributed by atoms with van der Waals surface area (Å²) in [6.45, 7) is 0. The Labute approximate surface area is 137 Å². The summed E-state index contributed by atoms with van der Waals surface area (Å²) >= 11 is 0. The van der Waals surface area contributed by atoms with Gasteiger partial charge in [-0.15, -0.1) is 0 Å². The van der Waals surface area contributed by atoms with Crippen molar-refractivity contribution in [1.29, 1.82) is 0 Å². The first kappa shape index (κ1) is 14.6. The number of aromatic hydroxyl groups is 2. The largest absolute Gasteiger partial charge is 0.507 e. The first-order chi connectivity index (χ1) is 11.3. The Morgan fingerprint density at radius 2 is 0.957 bits per heavy atom. The molecule has 2 aliphatic carbocycles. The normalized spacial score (nSPS) is 17.2. The van der Waals surface area contributed by atoms with E-state index in [0.29, 0.717) is 11.5 Å². The number of rotatable bonds is 1. The van der Waals surface area contributed by atoms with Crippen LogP contribution in [0.5, 0.6) is 11.5 Å². The minimum atomic E-state index is 0.318. The molecule has 0 fully saturated rings. The van der Waals surface area contributed by atoms with E-state index in [9.17, 15) is 10.2 Å². The number of fused-ring (bicyclic) bond motifs is 2. The predicted molar refractivity (Wildman–Crippen MR) is 93.1 cm³/mol. The van der Waals surface area contributed by atoms with Gasteiger partial charge in [-0.2, -0.15) is 0 Å². The molecule has 2 aromatic carbocycles. The Morgan fingerprint density at radius 1 is 0.522 bits per heavy atom. The zero-order chi connectivity index (χ0) is 15.8. The Balaban J connectivity index is 1.98. The quantitative estimate of drug-likeness (QED) is 0.735. The SMILES string of the molecule is Oc1ccc2c(c1-c1c(O)ccc3c1CCCC3)CCCCC2. The highest BCUT2D eigenvalue weighted by Gasteiger charge is 2.24. The highest BCUT2D eigenvalue weighted by Crippen LogP contribution is 2.45. The summed E-state index contributed by atoms with van der Waals surface area (Å²) in [5.41, 5.74) is 7.01. The summed E-state index contributed by atoms with van der Waals surface area (Å²) in [5.74, 6) is 0.638. The fourth-order valence-electron chi connectivity index (χ4n) is 4.37. The summed E-state index contributed by atoms with van der Waals surface area (Å²) in [6, 6.07) is 7.77. The van der Waals surface area contributed by atoms with Crippen molar-refractivity contribution in [2.45, 2.75) is 57.8 Å². The van der Waals surface area contributed by atoms with E-state index in [1.165, 1.54) is 54.4 Å². The smallest absolute Gasteiger partial charge is 0.123 e. The third kappa shape index (κ3) is 2.50. The van der Waals surface area contributed by atoms with Crippen molar-refractivity contribution < 1.29 is 10.2 Å². The standard InChI is InChI=1S/C21H24O2/c22-18-12-10-14-6-2-1-3-8-16(14)20(18)21-17-9-5-4-7-15(17)11-13-19(21)23/h10-13,22-23H,1-9H2.